The number of aliphatic hydroxyl groups excluding tert-OH is 1. The van der Waals surface area contributed by atoms with Gasteiger partial charge in [0.15, 0.2) is 0 Å². The Morgan fingerprint density at radius 1 is 1.11 bits per heavy atom. The van der Waals surface area contributed by atoms with Gasteiger partial charge in [0.05, 0.1) is 6.10 Å². The molecule has 0 aliphatic rings. The molecule has 0 saturated carbocycles. The minimum absolute atomic E-state index is 0.0985. The van der Waals surface area contributed by atoms with Gasteiger partial charge in [-0.2, -0.15) is 5.26 Å². The molecule has 1 atom stereocenters. The smallest absolute Gasteiger partial charge is 0.122 e. The van der Waals surface area contributed by atoms with E-state index in [2.05, 4.69) is 45.0 Å². The molecule has 1 aromatic heterocycles. The summed E-state index contributed by atoms with van der Waals surface area (Å²) in [5.41, 5.74) is 3.08. The first-order valence-electron chi connectivity index (χ1n) is 10.0. The minimum atomic E-state index is -0.518. The zero-order valence-electron chi connectivity index (χ0n) is 18.2. The SMILES string of the molecule is CCC(CC)(c1ccc(OCC(O)C(C)(C)C)c(C)c1)c1cc(C)c(C#N)s1. The lowest BCUT2D eigenvalue weighted by molar-refractivity contribution is 0.0216. The zero-order chi connectivity index (χ0) is 21.1. The van der Waals surface area contributed by atoms with Gasteiger partial charge in [0, 0.05) is 10.3 Å². The third kappa shape index (κ3) is 4.42. The lowest BCUT2D eigenvalue weighted by atomic mass is 9.74. The van der Waals surface area contributed by atoms with E-state index in [1.807, 2.05) is 33.8 Å². The summed E-state index contributed by atoms with van der Waals surface area (Å²) in [4.78, 5) is 2.05. The van der Waals surface area contributed by atoms with Crippen molar-refractivity contribution < 1.29 is 9.84 Å². The number of hydrogen-bond acceptors (Lipinski definition) is 4. The van der Waals surface area contributed by atoms with Crippen LogP contribution in [0, 0.1) is 30.6 Å². The second-order valence-electron chi connectivity index (χ2n) is 8.70. The lowest BCUT2D eigenvalue weighted by Crippen LogP contribution is -2.32. The van der Waals surface area contributed by atoms with Gasteiger partial charge in [0.1, 0.15) is 23.3 Å². The van der Waals surface area contributed by atoms with Crippen molar-refractivity contribution in [3.63, 3.8) is 0 Å². The molecule has 4 heteroatoms. The predicted octanol–water partition coefficient (Wildman–Crippen LogP) is 6.13. The summed E-state index contributed by atoms with van der Waals surface area (Å²) in [7, 11) is 0. The number of rotatable bonds is 7. The molecule has 0 amide bonds. The van der Waals surface area contributed by atoms with Gasteiger partial charge in [-0.3, -0.25) is 0 Å². The highest BCUT2D eigenvalue weighted by molar-refractivity contribution is 7.12. The molecule has 3 nitrogen and oxygen atoms in total. The van der Waals surface area contributed by atoms with Crippen molar-refractivity contribution in [2.75, 3.05) is 6.61 Å². The molecule has 0 spiro atoms. The summed E-state index contributed by atoms with van der Waals surface area (Å²) in [6.45, 7) is 14.8. The van der Waals surface area contributed by atoms with Crippen LogP contribution < -0.4 is 4.74 Å². The topological polar surface area (TPSA) is 53.2 Å². The van der Waals surface area contributed by atoms with Crippen LogP contribution in [-0.4, -0.2) is 17.8 Å². The van der Waals surface area contributed by atoms with Crippen LogP contribution in [0.15, 0.2) is 24.3 Å². The zero-order valence-corrected chi connectivity index (χ0v) is 19.0. The lowest BCUT2D eigenvalue weighted by Gasteiger charge is -2.32. The number of benzene rings is 1. The van der Waals surface area contributed by atoms with E-state index >= 15 is 0 Å². The monoisotopic (exact) mass is 399 g/mol. The quantitative estimate of drug-likeness (QED) is 0.609. The Morgan fingerprint density at radius 2 is 1.75 bits per heavy atom. The van der Waals surface area contributed by atoms with Crippen LogP contribution in [0.1, 0.15) is 73.9 Å². The molecule has 0 aliphatic carbocycles. The standard InChI is InChI=1S/C24H33NO2S/c1-8-24(9-2,22-13-17(4)20(14-25)28-22)18-10-11-19(16(3)12-18)27-15-21(26)23(5,6)7/h10-13,21,26H,8-9,15H2,1-7H3. The van der Waals surface area contributed by atoms with Crippen molar-refractivity contribution >= 4 is 11.3 Å². The summed E-state index contributed by atoms with van der Waals surface area (Å²) in [6.07, 6.45) is 1.42. The highest BCUT2D eigenvalue weighted by Gasteiger charge is 2.33. The number of aliphatic hydroxyl groups is 1. The molecule has 0 fully saturated rings. The molecule has 1 heterocycles. The fraction of sp³-hybridized carbons (Fsp3) is 0.542. The van der Waals surface area contributed by atoms with Gasteiger partial charge in [-0.05, 0) is 60.9 Å². The maximum Gasteiger partial charge on any atom is 0.122 e. The molecule has 152 valence electrons. The van der Waals surface area contributed by atoms with E-state index in [1.54, 1.807) is 11.3 Å². The number of nitrogens with zero attached hydrogens (tertiary/aromatic N) is 1. The number of ether oxygens (including phenoxy) is 1. The Morgan fingerprint density at radius 3 is 2.21 bits per heavy atom. The molecule has 0 aliphatic heterocycles. The van der Waals surface area contributed by atoms with Crippen molar-refractivity contribution in [2.24, 2.45) is 5.41 Å². The fourth-order valence-electron chi connectivity index (χ4n) is 3.51. The normalized spacial score (nSPS) is 13.2. The Bertz CT molecular complexity index is 850. The van der Waals surface area contributed by atoms with Crippen molar-refractivity contribution in [2.45, 2.75) is 72.8 Å². The first kappa shape index (κ1) is 22.5. The molecular weight excluding hydrogens is 366 g/mol. The third-order valence-corrected chi connectivity index (χ3v) is 7.17. The van der Waals surface area contributed by atoms with Gasteiger partial charge in [-0.15, -0.1) is 11.3 Å². The highest BCUT2D eigenvalue weighted by Crippen LogP contribution is 2.44. The van der Waals surface area contributed by atoms with Gasteiger partial charge < -0.3 is 9.84 Å². The number of nitriles is 1. The van der Waals surface area contributed by atoms with Crippen LogP contribution >= 0.6 is 11.3 Å². The van der Waals surface area contributed by atoms with Gasteiger partial charge in [0.2, 0.25) is 0 Å². The summed E-state index contributed by atoms with van der Waals surface area (Å²) in [5.74, 6) is 0.813. The molecule has 1 aromatic carbocycles. The number of aryl methyl sites for hydroxylation is 2. The van der Waals surface area contributed by atoms with E-state index in [1.165, 1.54) is 10.4 Å². The Balaban J connectivity index is 2.36. The fourth-order valence-corrected chi connectivity index (χ4v) is 4.83. The van der Waals surface area contributed by atoms with E-state index in [-0.39, 0.29) is 17.4 Å². The molecule has 28 heavy (non-hydrogen) atoms. The van der Waals surface area contributed by atoms with Gasteiger partial charge in [-0.25, -0.2) is 0 Å². The van der Waals surface area contributed by atoms with Crippen LogP contribution in [0.5, 0.6) is 5.75 Å². The van der Waals surface area contributed by atoms with Gasteiger partial charge in [-0.1, -0.05) is 46.8 Å². The predicted molar refractivity (Wildman–Crippen MR) is 117 cm³/mol. The highest BCUT2D eigenvalue weighted by atomic mass is 32.1. The first-order chi connectivity index (χ1) is 13.1. The molecule has 1 N–H and O–H groups in total. The molecule has 0 saturated heterocycles. The Kier molecular flexibility index (Phi) is 6.96. The van der Waals surface area contributed by atoms with Crippen LogP contribution in [-0.2, 0) is 5.41 Å². The van der Waals surface area contributed by atoms with Crippen molar-refractivity contribution in [1.82, 2.24) is 0 Å². The minimum Gasteiger partial charge on any atom is -0.491 e. The maximum absolute atomic E-state index is 10.2. The van der Waals surface area contributed by atoms with Gasteiger partial charge in [0.25, 0.3) is 0 Å². The first-order valence-corrected chi connectivity index (χ1v) is 10.8. The Hall–Kier alpha value is -1.83. The molecule has 0 radical (unpaired) electrons. The van der Waals surface area contributed by atoms with Crippen LogP contribution in [0.4, 0.5) is 0 Å². The summed E-state index contributed by atoms with van der Waals surface area (Å²) >= 11 is 1.61. The van der Waals surface area contributed by atoms with E-state index in [9.17, 15) is 10.4 Å². The van der Waals surface area contributed by atoms with Crippen LogP contribution in [0.25, 0.3) is 0 Å². The average Bonchev–Trinajstić information content (AvgIpc) is 3.02. The third-order valence-electron chi connectivity index (χ3n) is 5.82. The second kappa shape index (κ2) is 8.68. The average molecular weight is 400 g/mol. The van der Waals surface area contributed by atoms with Crippen molar-refractivity contribution in [1.29, 1.82) is 5.26 Å². The van der Waals surface area contributed by atoms with Crippen LogP contribution in [0.3, 0.4) is 0 Å². The van der Waals surface area contributed by atoms with E-state index < -0.39 is 6.10 Å². The number of thiophene rings is 1. The molecule has 2 aromatic rings. The largest absolute Gasteiger partial charge is 0.491 e. The summed E-state index contributed by atoms with van der Waals surface area (Å²) in [5, 5.41) is 19.6. The van der Waals surface area contributed by atoms with E-state index in [0.717, 1.165) is 34.6 Å². The van der Waals surface area contributed by atoms with E-state index in [4.69, 9.17) is 4.74 Å². The molecule has 2 rings (SSSR count). The van der Waals surface area contributed by atoms with E-state index in [0.29, 0.717) is 0 Å². The summed E-state index contributed by atoms with van der Waals surface area (Å²) in [6, 6.07) is 10.9. The molecule has 0 bridgehead atoms. The maximum atomic E-state index is 10.2. The molecular formula is C24H33NO2S. The molecule has 1 unspecified atom stereocenters. The van der Waals surface area contributed by atoms with Crippen molar-refractivity contribution in [3.8, 4) is 11.8 Å². The van der Waals surface area contributed by atoms with Crippen LogP contribution in [0.2, 0.25) is 0 Å². The summed E-state index contributed by atoms with van der Waals surface area (Å²) < 4.78 is 5.92. The van der Waals surface area contributed by atoms with Gasteiger partial charge >= 0.3 is 0 Å². The second-order valence-corrected chi connectivity index (χ2v) is 9.75. The Labute approximate surface area is 174 Å². The van der Waals surface area contributed by atoms with Crippen molar-refractivity contribution in [3.05, 3.63) is 50.7 Å². The number of hydrogen-bond donors (Lipinski definition) is 1.